The highest BCUT2D eigenvalue weighted by Gasteiger charge is 2.40. The molecular formula is C80H98N18O20S2. The number of hydrazine groups is 1. The van der Waals surface area contributed by atoms with E-state index >= 15 is 0 Å². The summed E-state index contributed by atoms with van der Waals surface area (Å²) in [7, 11) is 31.9. The minimum absolute atomic E-state index is 0.0402. The number of hydrazone groups is 1. The van der Waals surface area contributed by atoms with Crippen molar-refractivity contribution in [1.82, 2.24) is 81.8 Å². The van der Waals surface area contributed by atoms with Gasteiger partial charge in [0.25, 0.3) is 75.7 Å². The molecule has 0 spiro atoms. The monoisotopic (exact) mass is 1690 g/mol. The lowest BCUT2D eigenvalue weighted by Crippen LogP contribution is -2.52. The average Bonchev–Trinajstić information content (AvgIpc) is 1.73. The fourth-order valence-corrected chi connectivity index (χ4v) is 13.0. The van der Waals surface area contributed by atoms with Crippen molar-refractivity contribution in [2.24, 2.45) is 60.4 Å². The largest absolute Gasteiger partial charge is 0.482 e. The Hall–Kier alpha value is -13.6. The number of amides is 12. The molecule has 0 aliphatic carbocycles. The number of carbonyl (C=O) groups excluding carboxylic acids is 11. The van der Waals surface area contributed by atoms with Gasteiger partial charge in [0.1, 0.15) is 39.6 Å². The molecule has 4 aromatic heterocycles. The summed E-state index contributed by atoms with van der Waals surface area (Å²) in [6, 6.07) is -0.727. The maximum atomic E-state index is 12.4. The number of urea groups is 1. The van der Waals surface area contributed by atoms with E-state index < -0.39 is 47.1 Å². The predicted octanol–water partition coefficient (Wildman–Crippen LogP) is 2.94. The third-order valence-electron chi connectivity index (χ3n) is 20.2. The molecule has 0 aromatic carbocycles. The molecule has 38 nitrogen and oxygen atoms in total. The van der Waals surface area contributed by atoms with E-state index in [1.165, 1.54) is 174 Å². The Morgan fingerprint density at radius 3 is 1.23 bits per heavy atom. The fraction of sp³-hybridized carbons (Fsp3) is 0.362. The van der Waals surface area contributed by atoms with Gasteiger partial charge in [0.2, 0.25) is 23.5 Å². The van der Waals surface area contributed by atoms with Gasteiger partial charge < -0.3 is 28.6 Å². The van der Waals surface area contributed by atoms with Crippen molar-refractivity contribution in [1.29, 1.82) is 0 Å². The van der Waals surface area contributed by atoms with Crippen LogP contribution < -0.4 is 41.3 Å². The third-order valence-corrected chi connectivity index (χ3v) is 21.3. The van der Waals surface area contributed by atoms with Crippen molar-refractivity contribution in [2.45, 2.75) is 47.8 Å². The number of imide groups is 3. The summed E-state index contributed by atoms with van der Waals surface area (Å²) in [5, 5.41) is 12.3. The number of barbiturate groups is 1. The van der Waals surface area contributed by atoms with Crippen molar-refractivity contribution < 1.29 is 76.4 Å². The van der Waals surface area contributed by atoms with E-state index in [4.69, 9.17) is 48.1 Å². The van der Waals surface area contributed by atoms with Crippen molar-refractivity contribution in [2.75, 3.05) is 99.0 Å². The van der Waals surface area contributed by atoms with Crippen LogP contribution in [0.4, 0.5) is 4.79 Å². The van der Waals surface area contributed by atoms with Gasteiger partial charge in [-0.15, -0.1) is 0 Å². The quantitative estimate of drug-likeness (QED) is 0.0714. The van der Waals surface area contributed by atoms with Crippen LogP contribution in [-0.2, 0) is 102 Å². The smallest absolute Gasteiger partial charge is 0.333 e. The molecule has 0 bridgehead atoms. The second kappa shape index (κ2) is 39.5. The van der Waals surface area contributed by atoms with E-state index in [-0.39, 0.29) is 97.2 Å². The Kier molecular flexibility index (Phi) is 31.4. The van der Waals surface area contributed by atoms with E-state index in [0.29, 0.717) is 50.0 Å². The molecule has 3 fully saturated rings. The minimum Gasteiger partial charge on any atom is -0.482 e. The molecule has 2 unspecified atom stereocenters. The summed E-state index contributed by atoms with van der Waals surface area (Å²) in [5.41, 5.74) is 5.20. The number of carbonyl (C=O) groups is 11. The van der Waals surface area contributed by atoms with Gasteiger partial charge in [-0.25, -0.2) is 19.3 Å². The first-order valence-corrected chi connectivity index (χ1v) is 37.0. The number of thiocarbonyl (C=S) groups is 1. The van der Waals surface area contributed by atoms with Gasteiger partial charge in [0.15, 0.2) is 9.88 Å². The first-order chi connectivity index (χ1) is 56.1. The predicted molar refractivity (Wildman–Crippen MR) is 451 cm³/mol. The van der Waals surface area contributed by atoms with Crippen LogP contribution in [0.25, 0.3) is 24.3 Å². The van der Waals surface area contributed by atoms with Crippen LogP contribution in [0.3, 0.4) is 0 Å². The molecule has 4 aromatic rings. The molecule has 640 valence electrons. The van der Waals surface area contributed by atoms with Gasteiger partial charge in [-0.1, -0.05) is 42.0 Å². The summed E-state index contributed by atoms with van der Waals surface area (Å²) in [4.78, 5) is 188. The Morgan fingerprint density at radius 2 is 0.775 bits per heavy atom. The summed E-state index contributed by atoms with van der Waals surface area (Å²) in [6.07, 6.45) is 23.0. The molecule has 2 atom stereocenters. The van der Waals surface area contributed by atoms with Crippen molar-refractivity contribution in [3.05, 3.63) is 191 Å². The van der Waals surface area contributed by atoms with Crippen LogP contribution in [-0.4, -0.2) is 263 Å². The SMILES string of the molecule is COC1C(/C=C/C=C2C(=O)N(C)C(=O)C(C)=C2C)C(C)=C(C)C(=O)N1C.COc1c(/C=C/C=C2C(=O)N(C)C(=O)N(C)C2=O)c(=O)n(C)c(=O)n1C.COc1c(/C=C/C=C2C(=O)N(C)C(=S)N(C)C2=O)c(=O)n(C)c(=S)n1C.COc1c(/C=C/C=C2C(=O)N(C)N(C)C2=O)c(=O)n(C)n1C.COc1c(/C=C/C=C2C(=O)N(C)N=C2C)c(C)nn1C. The fourth-order valence-electron chi connectivity index (χ4n) is 12.6. The third kappa shape index (κ3) is 19.0. The van der Waals surface area contributed by atoms with E-state index in [1.54, 1.807) is 114 Å². The summed E-state index contributed by atoms with van der Waals surface area (Å²) >= 11 is 10.2. The van der Waals surface area contributed by atoms with Crippen molar-refractivity contribution in [3.63, 3.8) is 0 Å². The van der Waals surface area contributed by atoms with Gasteiger partial charge >= 0.3 is 11.7 Å². The average molecular weight is 1700 g/mol. The van der Waals surface area contributed by atoms with Gasteiger partial charge in [-0.2, -0.15) is 10.2 Å². The lowest BCUT2D eigenvalue weighted by molar-refractivity contribution is -0.141. The zero-order chi connectivity index (χ0) is 90.7. The molecule has 6 aliphatic heterocycles. The van der Waals surface area contributed by atoms with Crippen LogP contribution in [0.1, 0.15) is 62.6 Å². The number of methoxy groups -OCH3 is 5. The van der Waals surface area contributed by atoms with Gasteiger partial charge in [-0.05, 0) is 126 Å². The molecule has 0 N–H and O–H groups in total. The number of aromatic nitrogens is 8. The first-order valence-electron chi connectivity index (χ1n) is 36.2. The topological polar surface area (TPSA) is 391 Å². The molecular weight excluding hydrogens is 1600 g/mol. The Bertz CT molecular complexity index is 5520. The maximum Gasteiger partial charge on any atom is 0.333 e. The van der Waals surface area contributed by atoms with Crippen molar-refractivity contribution in [3.8, 4) is 23.5 Å². The Labute approximate surface area is 701 Å². The van der Waals surface area contributed by atoms with E-state index in [9.17, 15) is 71.9 Å². The Morgan fingerprint density at radius 1 is 0.367 bits per heavy atom. The van der Waals surface area contributed by atoms with Crippen molar-refractivity contribution >= 4 is 125 Å². The lowest BCUT2D eigenvalue weighted by atomic mass is 9.88. The Balaban J connectivity index is 0.000000233. The number of likely N-dealkylation sites (N-methyl/N-ethyl adjacent to an activating group) is 9. The second-order valence-electron chi connectivity index (χ2n) is 27.4. The van der Waals surface area contributed by atoms with Gasteiger partial charge in [0, 0.05) is 143 Å². The maximum absolute atomic E-state index is 12.4. The normalized spacial score (nSPS) is 18.2. The van der Waals surface area contributed by atoms with Crippen LogP contribution in [0, 0.1) is 17.6 Å². The summed E-state index contributed by atoms with van der Waals surface area (Å²) < 4.78 is 36.3. The first kappa shape index (κ1) is 95.2. The molecule has 10 rings (SSSR count). The number of ether oxygens (including phenoxy) is 5. The number of allylic oxidation sites excluding steroid dienone is 10. The van der Waals surface area contributed by atoms with E-state index in [2.05, 4.69) is 10.2 Å². The highest BCUT2D eigenvalue weighted by molar-refractivity contribution is 7.80. The van der Waals surface area contributed by atoms with Gasteiger partial charge in [-0.3, -0.25) is 124 Å². The van der Waals surface area contributed by atoms with Crippen LogP contribution in [0.2, 0.25) is 0 Å². The van der Waals surface area contributed by atoms with E-state index in [0.717, 1.165) is 46.4 Å². The zero-order valence-electron chi connectivity index (χ0n) is 71.8. The molecule has 6 aliphatic rings. The second-order valence-corrected chi connectivity index (χ2v) is 28.1. The highest BCUT2D eigenvalue weighted by Crippen LogP contribution is 2.32. The number of nitrogens with zero attached hydrogens (tertiary/aromatic N) is 18. The number of aryl methyl sites for hydroxylation is 2. The summed E-state index contributed by atoms with van der Waals surface area (Å²) in [5.74, 6) is -2.69. The molecule has 10 heterocycles. The van der Waals surface area contributed by atoms with Crippen LogP contribution in [0.15, 0.2) is 141 Å². The molecule has 40 heteroatoms. The van der Waals surface area contributed by atoms with Crippen LogP contribution >= 0.6 is 24.4 Å². The minimum atomic E-state index is -0.747. The standard InChI is InChI=1S/C20H26N2O4.C16H18N4O6.C16H18N4O4S2.C14H18N4O4.C14H18N4O2/c1-11-13(3)17(23)21(5)19(25)15(11)9-8-10-16-12(2)14(4)18(24)22(6)20(16)26-7;1-17-11(21)9(12(22)18(2)15(17)24)7-6-8-10-13(23)19(3)16(25)20(4)14(10)26-5;1-17-11(21)9(12(22)18(2)15(17)25)7-6-8-10-13(23)19(3)16(26)20(4)14(10)24-5;1-15-11(19)9(12(20)16(15)2)7-6-8-10-13(21)17(3)18(4)14(10)22-5;1-9-11(13(19)17(3)15-9)7-6-8-12-10(2)16-18(4)14(12)20-5/h8-10,16,20H,1-7H3;2*6-8H,1-5H3;6-8H,1-5H3;6-8H,1-5H3/b10-8+,15-9?;3*8-6+;8-6+,11-7?. The van der Waals surface area contributed by atoms with Crippen LogP contribution in [0.5, 0.6) is 23.5 Å². The molecule has 3 saturated heterocycles. The zero-order valence-corrected chi connectivity index (χ0v) is 73.5. The molecule has 120 heavy (non-hydrogen) atoms. The lowest BCUT2D eigenvalue weighted by Gasteiger charge is -2.37. The molecule has 12 amide bonds. The molecule has 0 saturated carbocycles. The number of hydrogen-bond donors (Lipinski definition) is 0. The van der Waals surface area contributed by atoms with Gasteiger partial charge in [0.05, 0.1) is 51.0 Å². The highest BCUT2D eigenvalue weighted by atomic mass is 32.1. The summed E-state index contributed by atoms with van der Waals surface area (Å²) in [6.45, 7) is 10.9. The molecule has 0 radical (unpaired) electrons. The number of rotatable bonds is 15. The van der Waals surface area contributed by atoms with E-state index in [1.807, 2.05) is 46.0 Å². The number of hydrogen-bond acceptors (Lipinski definition) is 24.